The first kappa shape index (κ1) is 13.2. The number of hydrogen-bond acceptors (Lipinski definition) is 0. The first-order valence-corrected chi connectivity index (χ1v) is 8.04. The van der Waals surface area contributed by atoms with Gasteiger partial charge in [0.15, 0.2) is 0 Å². The van der Waals surface area contributed by atoms with Gasteiger partial charge in [0.25, 0.3) is 0 Å². The average molecular weight is 234 g/mol. The van der Waals surface area contributed by atoms with Gasteiger partial charge in [-0.15, -0.1) is 0 Å². The third-order valence-corrected chi connectivity index (χ3v) is 4.93. The summed E-state index contributed by atoms with van der Waals surface area (Å²) in [6.07, 6.45) is 22.7. The highest BCUT2D eigenvalue weighted by molar-refractivity contribution is 5.15. The molecule has 0 heteroatoms. The van der Waals surface area contributed by atoms with Crippen LogP contribution in [0.15, 0.2) is 12.2 Å². The number of hydrogen-bond donors (Lipinski definition) is 0. The van der Waals surface area contributed by atoms with E-state index in [0.29, 0.717) is 5.41 Å². The van der Waals surface area contributed by atoms with Crippen LogP contribution in [0.3, 0.4) is 0 Å². The largest absolute Gasteiger partial charge is 0.0848 e. The summed E-state index contributed by atoms with van der Waals surface area (Å²) in [6, 6.07) is 0. The van der Waals surface area contributed by atoms with Gasteiger partial charge in [-0.1, -0.05) is 70.4 Å². The zero-order valence-corrected chi connectivity index (χ0v) is 11.7. The van der Waals surface area contributed by atoms with Crippen LogP contribution in [0.5, 0.6) is 0 Å². The van der Waals surface area contributed by atoms with Crippen LogP contribution in [0.25, 0.3) is 0 Å². The summed E-state index contributed by atoms with van der Waals surface area (Å²) in [5.74, 6) is 0.962. The fourth-order valence-electron chi connectivity index (χ4n) is 3.78. The SMILES string of the molecule is CCCCCCCCCCC12C=CC(CC1)C2. The monoisotopic (exact) mass is 234 g/mol. The van der Waals surface area contributed by atoms with Crippen molar-refractivity contribution in [3.05, 3.63) is 12.2 Å². The normalized spacial score (nSPS) is 30.3. The van der Waals surface area contributed by atoms with E-state index in [4.69, 9.17) is 0 Å². The molecule has 0 aromatic carbocycles. The van der Waals surface area contributed by atoms with Gasteiger partial charge in [0, 0.05) is 0 Å². The third-order valence-electron chi connectivity index (χ3n) is 4.93. The zero-order valence-electron chi connectivity index (χ0n) is 11.7. The second kappa shape index (κ2) is 6.61. The molecule has 1 saturated carbocycles. The quantitative estimate of drug-likeness (QED) is 0.345. The molecule has 0 aliphatic heterocycles. The first-order valence-electron chi connectivity index (χ1n) is 8.04. The maximum absolute atomic E-state index is 2.56. The van der Waals surface area contributed by atoms with Gasteiger partial charge in [0.05, 0.1) is 0 Å². The Hall–Kier alpha value is -0.260. The van der Waals surface area contributed by atoms with Crippen LogP contribution < -0.4 is 0 Å². The van der Waals surface area contributed by atoms with Crippen molar-refractivity contribution in [3.8, 4) is 0 Å². The number of rotatable bonds is 9. The van der Waals surface area contributed by atoms with Crippen molar-refractivity contribution in [2.24, 2.45) is 11.3 Å². The van der Waals surface area contributed by atoms with E-state index in [1.807, 2.05) is 0 Å². The number of unbranched alkanes of at least 4 members (excludes halogenated alkanes) is 7. The number of fused-ring (bicyclic) bond motifs is 2. The van der Waals surface area contributed by atoms with E-state index in [-0.39, 0.29) is 0 Å². The molecule has 2 rings (SSSR count). The fourth-order valence-corrected chi connectivity index (χ4v) is 3.78. The van der Waals surface area contributed by atoms with Crippen LogP contribution in [-0.4, -0.2) is 0 Å². The van der Waals surface area contributed by atoms with E-state index < -0.39 is 0 Å². The summed E-state index contributed by atoms with van der Waals surface area (Å²) in [7, 11) is 0. The Balaban J connectivity index is 1.45. The molecule has 0 aromatic heterocycles. The van der Waals surface area contributed by atoms with Gasteiger partial charge in [-0.25, -0.2) is 0 Å². The highest BCUT2D eigenvalue weighted by atomic mass is 14.4. The van der Waals surface area contributed by atoms with Crippen molar-refractivity contribution in [2.45, 2.75) is 84.0 Å². The van der Waals surface area contributed by atoms with Gasteiger partial charge in [0.1, 0.15) is 0 Å². The van der Waals surface area contributed by atoms with Gasteiger partial charge in [-0.3, -0.25) is 0 Å². The molecule has 2 atom stereocenters. The Morgan fingerprint density at radius 3 is 2.24 bits per heavy atom. The van der Waals surface area contributed by atoms with E-state index in [9.17, 15) is 0 Å². The molecule has 0 N–H and O–H groups in total. The smallest absolute Gasteiger partial charge is 0.0112 e. The molecule has 17 heavy (non-hydrogen) atoms. The van der Waals surface area contributed by atoms with Crippen molar-refractivity contribution in [3.63, 3.8) is 0 Å². The van der Waals surface area contributed by atoms with Crippen molar-refractivity contribution < 1.29 is 0 Å². The molecule has 0 saturated heterocycles. The van der Waals surface area contributed by atoms with Crippen LogP contribution in [0.4, 0.5) is 0 Å². The molecule has 0 heterocycles. The predicted molar refractivity (Wildman–Crippen MR) is 76.1 cm³/mol. The van der Waals surface area contributed by atoms with Gasteiger partial charge < -0.3 is 0 Å². The minimum Gasteiger partial charge on any atom is -0.0848 e. The van der Waals surface area contributed by atoms with Crippen LogP contribution in [0, 0.1) is 11.3 Å². The number of allylic oxidation sites excluding steroid dienone is 2. The third kappa shape index (κ3) is 3.86. The standard InChI is InChI=1S/C17H30/c1-2-3-4-5-6-7-8-9-12-17-13-10-16(15-17)11-14-17/h10,13,16H,2-9,11-12,14-15H2,1H3. The molecule has 0 spiro atoms. The molecule has 0 radical (unpaired) electrons. The highest BCUT2D eigenvalue weighted by Crippen LogP contribution is 2.51. The molecule has 0 aromatic rings. The lowest BCUT2D eigenvalue weighted by atomic mass is 9.82. The molecule has 2 aliphatic carbocycles. The molecule has 0 nitrogen and oxygen atoms in total. The van der Waals surface area contributed by atoms with E-state index in [0.717, 1.165) is 5.92 Å². The lowest BCUT2D eigenvalue weighted by molar-refractivity contribution is 0.350. The zero-order chi connectivity index (χ0) is 12.0. The molecule has 2 bridgehead atoms. The molecular weight excluding hydrogens is 204 g/mol. The Bertz CT molecular complexity index is 240. The minimum atomic E-state index is 0.673. The Labute approximate surface area is 108 Å². The molecule has 0 amide bonds. The van der Waals surface area contributed by atoms with Gasteiger partial charge in [0.2, 0.25) is 0 Å². The van der Waals surface area contributed by atoms with Crippen LogP contribution in [-0.2, 0) is 0 Å². The van der Waals surface area contributed by atoms with Gasteiger partial charge >= 0.3 is 0 Å². The van der Waals surface area contributed by atoms with Crippen LogP contribution >= 0.6 is 0 Å². The summed E-state index contributed by atoms with van der Waals surface area (Å²) < 4.78 is 0. The second-order valence-electron chi connectivity index (χ2n) is 6.45. The fraction of sp³-hybridized carbons (Fsp3) is 0.882. The lowest BCUT2D eigenvalue weighted by Gasteiger charge is -2.23. The van der Waals surface area contributed by atoms with E-state index in [1.54, 1.807) is 0 Å². The maximum Gasteiger partial charge on any atom is -0.0112 e. The van der Waals surface area contributed by atoms with Crippen molar-refractivity contribution in [1.82, 2.24) is 0 Å². The predicted octanol–water partition coefficient (Wildman–Crippen LogP) is 5.87. The van der Waals surface area contributed by atoms with Crippen LogP contribution in [0.1, 0.15) is 84.0 Å². The molecule has 2 aliphatic rings. The summed E-state index contributed by atoms with van der Waals surface area (Å²) in [4.78, 5) is 0. The topological polar surface area (TPSA) is 0 Å². The summed E-state index contributed by atoms with van der Waals surface area (Å²) >= 11 is 0. The van der Waals surface area contributed by atoms with E-state index in [2.05, 4.69) is 19.1 Å². The lowest BCUT2D eigenvalue weighted by Crippen LogP contribution is -2.10. The summed E-state index contributed by atoms with van der Waals surface area (Å²) in [6.45, 7) is 2.29. The first-order chi connectivity index (χ1) is 8.35. The molecular formula is C17H30. The second-order valence-corrected chi connectivity index (χ2v) is 6.45. The Morgan fingerprint density at radius 1 is 1.00 bits per heavy atom. The van der Waals surface area contributed by atoms with E-state index in [1.165, 1.54) is 77.0 Å². The maximum atomic E-state index is 2.56. The minimum absolute atomic E-state index is 0.673. The highest BCUT2D eigenvalue weighted by Gasteiger charge is 2.39. The van der Waals surface area contributed by atoms with E-state index >= 15 is 0 Å². The Kier molecular flexibility index (Phi) is 5.13. The van der Waals surface area contributed by atoms with Crippen LogP contribution in [0.2, 0.25) is 0 Å². The van der Waals surface area contributed by atoms with Crippen molar-refractivity contribution in [1.29, 1.82) is 0 Å². The van der Waals surface area contributed by atoms with Gasteiger partial charge in [-0.05, 0) is 37.0 Å². The van der Waals surface area contributed by atoms with Crippen molar-refractivity contribution >= 4 is 0 Å². The molecule has 2 unspecified atom stereocenters. The Morgan fingerprint density at radius 2 is 1.71 bits per heavy atom. The summed E-state index contributed by atoms with van der Waals surface area (Å²) in [5, 5.41) is 0. The molecule has 98 valence electrons. The average Bonchev–Trinajstić information content (AvgIpc) is 2.93. The van der Waals surface area contributed by atoms with Crippen molar-refractivity contribution in [2.75, 3.05) is 0 Å². The summed E-state index contributed by atoms with van der Waals surface area (Å²) in [5.41, 5.74) is 0.673. The molecule has 1 fully saturated rings. The van der Waals surface area contributed by atoms with Gasteiger partial charge in [-0.2, -0.15) is 0 Å².